The summed E-state index contributed by atoms with van der Waals surface area (Å²) >= 11 is 0. The van der Waals surface area contributed by atoms with Crippen molar-refractivity contribution in [2.45, 2.75) is 43.8 Å². The Morgan fingerprint density at radius 3 is 2.79 bits per heavy atom. The molecule has 1 saturated carbocycles. The Morgan fingerprint density at radius 1 is 1.26 bits per heavy atom. The second kappa shape index (κ2) is 5.23. The molecule has 2 unspecified atom stereocenters. The van der Waals surface area contributed by atoms with Crippen molar-refractivity contribution in [3.05, 3.63) is 35.4 Å². The SMILES string of the molecule is NCC(O)(COC1CCCc2ccccc21)C1CC1. The standard InChI is InChI=1S/C16H23NO2/c17-10-16(18,13-8-9-13)11-19-15-7-3-5-12-4-1-2-6-14(12)15/h1-2,4,6,13,15,18H,3,5,7-11,17H2. The largest absolute Gasteiger partial charge is 0.386 e. The van der Waals surface area contributed by atoms with Crippen LogP contribution in [0.3, 0.4) is 0 Å². The highest BCUT2D eigenvalue weighted by Gasteiger charge is 2.43. The Bertz CT molecular complexity index is 444. The van der Waals surface area contributed by atoms with Crippen molar-refractivity contribution >= 4 is 0 Å². The molecule has 0 spiro atoms. The summed E-state index contributed by atoms with van der Waals surface area (Å²) in [6, 6.07) is 8.48. The number of benzene rings is 1. The molecule has 0 amide bonds. The quantitative estimate of drug-likeness (QED) is 0.854. The second-order valence-corrected chi connectivity index (χ2v) is 5.97. The molecule has 0 bridgehead atoms. The van der Waals surface area contributed by atoms with Crippen molar-refractivity contribution in [3.63, 3.8) is 0 Å². The van der Waals surface area contributed by atoms with Crippen molar-refractivity contribution in [1.29, 1.82) is 0 Å². The van der Waals surface area contributed by atoms with E-state index in [2.05, 4.69) is 24.3 Å². The van der Waals surface area contributed by atoms with E-state index in [0.29, 0.717) is 19.1 Å². The van der Waals surface area contributed by atoms with Crippen molar-refractivity contribution in [2.24, 2.45) is 11.7 Å². The first-order valence-corrected chi connectivity index (χ1v) is 7.35. The van der Waals surface area contributed by atoms with Crippen LogP contribution in [0.2, 0.25) is 0 Å². The molecule has 3 nitrogen and oxygen atoms in total. The van der Waals surface area contributed by atoms with Crippen molar-refractivity contribution < 1.29 is 9.84 Å². The highest BCUT2D eigenvalue weighted by Crippen LogP contribution is 2.41. The monoisotopic (exact) mass is 261 g/mol. The van der Waals surface area contributed by atoms with Gasteiger partial charge in [0.25, 0.3) is 0 Å². The molecular formula is C16H23NO2. The predicted octanol–water partition coefficient (Wildman–Crippen LogP) is 2.18. The third-order valence-electron chi connectivity index (χ3n) is 4.54. The van der Waals surface area contributed by atoms with Crippen LogP contribution >= 0.6 is 0 Å². The molecule has 0 aromatic heterocycles. The molecule has 2 atom stereocenters. The molecule has 0 radical (unpaired) electrons. The third-order valence-corrected chi connectivity index (χ3v) is 4.54. The highest BCUT2D eigenvalue weighted by molar-refractivity contribution is 5.31. The normalized spacial score (nSPS) is 25.7. The van der Waals surface area contributed by atoms with E-state index >= 15 is 0 Å². The van der Waals surface area contributed by atoms with Gasteiger partial charge in [-0.25, -0.2) is 0 Å². The van der Waals surface area contributed by atoms with Crippen LogP contribution in [0.15, 0.2) is 24.3 Å². The number of aliphatic hydroxyl groups is 1. The lowest BCUT2D eigenvalue weighted by atomic mass is 9.89. The summed E-state index contributed by atoms with van der Waals surface area (Å²) in [5.41, 5.74) is 7.60. The molecule has 1 fully saturated rings. The van der Waals surface area contributed by atoms with Gasteiger partial charge in [-0.05, 0) is 49.1 Å². The molecule has 2 aliphatic carbocycles. The van der Waals surface area contributed by atoms with Gasteiger partial charge in [-0.2, -0.15) is 0 Å². The number of ether oxygens (including phenoxy) is 1. The van der Waals surface area contributed by atoms with E-state index in [1.807, 2.05) is 0 Å². The molecule has 104 valence electrons. The van der Waals surface area contributed by atoms with Crippen LogP contribution in [0.25, 0.3) is 0 Å². The Kier molecular flexibility index (Phi) is 3.61. The number of fused-ring (bicyclic) bond motifs is 1. The van der Waals surface area contributed by atoms with E-state index in [1.54, 1.807) is 0 Å². The van der Waals surface area contributed by atoms with Gasteiger partial charge in [0.05, 0.1) is 12.7 Å². The number of hydrogen-bond donors (Lipinski definition) is 2. The Labute approximate surface area is 114 Å². The molecule has 1 aromatic rings. The molecule has 0 aliphatic heterocycles. The lowest BCUT2D eigenvalue weighted by Gasteiger charge is -2.31. The van der Waals surface area contributed by atoms with Crippen LogP contribution in [-0.2, 0) is 11.2 Å². The highest BCUT2D eigenvalue weighted by atomic mass is 16.5. The fraction of sp³-hybridized carbons (Fsp3) is 0.625. The molecule has 0 heterocycles. The van der Waals surface area contributed by atoms with Crippen LogP contribution in [0, 0.1) is 5.92 Å². The lowest BCUT2D eigenvalue weighted by Crippen LogP contribution is -2.45. The summed E-state index contributed by atoms with van der Waals surface area (Å²) in [5.74, 6) is 0.344. The van der Waals surface area contributed by atoms with Crippen molar-refractivity contribution in [1.82, 2.24) is 0 Å². The number of hydrogen-bond acceptors (Lipinski definition) is 3. The average molecular weight is 261 g/mol. The van der Waals surface area contributed by atoms with Gasteiger partial charge >= 0.3 is 0 Å². The van der Waals surface area contributed by atoms with Gasteiger partial charge in [-0.15, -0.1) is 0 Å². The maximum absolute atomic E-state index is 10.5. The van der Waals surface area contributed by atoms with Crippen LogP contribution in [-0.4, -0.2) is 23.9 Å². The summed E-state index contributed by atoms with van der Waals surface area (Å²) in [7, 11) is 0. The Morgan fingerprint density at radius 2 is 2.05 bits per heavy atom. The zero-order valence-electron chi connectivity index (χ0n) is 11.3. The fourth-order valence-corrected chi connectivity index (χ4v) is 3.09. The maximum atomic E-state index is 10.5. The minimum atomic E-state index is -0.813. The number of rotatable bonds is 5. The molecule has 19 heavy (non-hydrogen) atoms. The summed E-state index contributed by atoms with van der Waals surface area (Å²) in [6.07, 6.45) is 5.63. The van der Waals surface area contributed by atoms with E-state index in [9.17, 15) is 5.11 Å². The molecule has 3 N–H and O–H groups in total. The third kappa shape index (κ3) is 2.69. The minimum Gasteiger partial charge on any atom is -0.386 e. The number of nitrogens with two attached hydrogens (primary N) is 1. The fourth-order valence-electron chi connectivity index (χ4n) is 3.09. The lowest BCUT2D eigenvalue weighted by molar-refractivity contribution is -0.0846. The van der Waals surface area contributed by atoms with Gasteiger partial charge in [0, 0.05) is 6.54 Å². The smallest absolute Gasteiger partial charge is 0.103 e. The van der Waals surface area contributed by atoms with Crippen LogP contribution in [0.1, 0.15) is 42.9 Å². The summed E-state index contributed by atoms with van der Waals surface area (Å²) < 4.78 is 6.04. The van der Waals surface area contributed by atoms with E-state index in [0.717, 1.165) is 32.1 Å². The van der Waals surface area contributed by atoms with E-state index < -0.39 is 5.60 Å². The van der Waals surface area contributed by atoms with Crippen LogP contribution in [0.5, 0.6) is 0 Å². The first-order valence-electron chi connectivity index (χ1n) is 7.35. The van der Waals surface area contributed by atoms with Gasteiger partial charge in [0.2, 0.25) is 0 Å². The summed E-state index contributed by atoms with van der Waals surface area (Å²) in [6.45, 7) is 0.666. The first-order chi connectivity index (χ1) is 9.23. The van der Waals surface area contributed by atoms with Gasteiger partial charge in [-0.3, -0.25) is 0 Å². The van der Waals surface area contributed by atoms with Gasteiger partial charge in [0.1, 0.15) is 5.60 Å². The van der Waals surface area contributed by atoms with Crippen molar-refractivity contribution in [3.8, 4) is 0 Å². The van der Waals surface area contributed by atoms with Gasteiger partial charge in [0.15, 0.2) is 0 Å². The summed E-state index contributed by atoms with van der Waals surface area (Å²) in [5, 5.41) is 10.5. The molecular weight excluding hydrogens is 238 g/mol. The second-order valence-electron chi connectivity index (χ2n) is 5.97. The molecule has 1 aromatic carbocycles. The first kappa shape index (κ1) is 13.1. The van der Waals surface area contributed by atoms with E-state index in [-0.39, 0.29) is 6.10 Å². The predicted molar refractivity (Wildman–Crippen MR) is 74.8 cm³/mol. The van der Waals surface area contributed by atoms with Gasteiger partial charge < -0.3 is 15.6 Å². The topological polar surface area (TPSA) is 55.5 Å². The van der Waals surface area contributed by atoms with Gasteiger partial charge in [-0.1, -0.05) is 24.3 Å². The zero-order chi connectivity index (χ0) is 13.3. The molecule has 3 heteroatoms. The Balaban J connectivity index is 1.68. The van der Waals surface area contributed by atoms with Crippen LogP contribution < -0.4 is 5.73 Å². The van der Waals surface area contributed by atoms with Crippen LogP contribution in [0.4, 0.5) is 0 Å². The van der Waals surface area contributed by atoms with Crippen molar-refractivity contribution in [2.75, 3.05) is 13.2 Å². The Hall–Kier alpha value is -0.900. The zero-order valence-corrected chi connectivity index (χ0v) is 11.3. The van der Waals surface area contributed by atoms with E-state index in [1.165, 1.54) is 11.1 Å². The summed E-state index contributed by atoms with van der Waals surface area (Å²) in [4.78, 5) is 0. The molecule has 3 rings (SSSR count). The minimum absolute atomic E-state index is 0.127. The van der Waals surface area contributed by atoms with E-state index in [4.69, 9.17) is 10.5 Å². The maximum Gasteiger partial charge on any atom is 0.103 e. The molecule has 0 saturated heterocycles. The molecule has 2 aliphatic rings. The average Bonchev–Trinajstić information content (AvgIpc) is 3.30. The number of aryl methyl sites for hydroxylation is 1.